The van der Waals surface area contributed by atoms with Gasteiger partial charge in [0.2, 0.25) is 0 Å². The molecule has 0 aliphatic rings. The molecule has 0 aliphatic carbocycles. The van der Waals surface area contributed by atoms with E-state index >= 15 is 0 Å². The molecule has 24 heavy (non-hydrogen) atoms. The maximum Gasteiger partial charge on any atom is 0.407 e. The molecule has 0 saturated heterocycles. The summed E-state index contributed by atoms with van der Waals surface area (Å²) in [5.74, 6) is 0.728. The summed E-state index contributed by atoms with van der Waals surface area (Å²) in [5, 5.41) is 11.7. The summed E-state index contributed by atoms with van der Waals surface area (Å²) < 4.78 is 11.6. The molecule has 1 amide bonds. The van der Waals surface area contributed by atoms with E-state index in [0.717, 1.165) is 16.9 Å². The second kappa shape index (κ2) is 9.28. The fourth-order valence-electron chi connectivity index (χ4n) is 2.04. The minimum atomic E-state index is -0.435. The zero-order valence-electron chi connectivity index (χ0n) is 14.0. The first-order valence-corrected chi connectivity index (χ1v) is 8.83. The van der Waals surface area contributed by atoms with Crippen molar-refractivity contribution < 1.29 is 14.3 Å². The van der Waals surface area contributed by atoms with Crippen molar-refractivity contribution in [3.8, 4) is 0 Å². The molecule has 0 fully saturated rings. The monoisotopic (exact) mass is 354 g/mol. The first kappa shape index (κ1) is 18.3. The molecule has 132 valence electrons. The number of nitrogens with zero attached hydrogens (tertiary/aromatic N) is 4. The molecule has 0 aliphatic heterocycles. The van der Waals surface area contributed by atoms with E-state index < -0.39 is 6.09 Å². The van der Waals surface area contributed by atoms with Gasteiger partial charge in [0.15, 0.2) is 10.8 Å². The second-order valence-electron chi connectivity index (χ2n) is 4.73. The molecule has 0 aromatic carbocycles. The molecule has 2 N–H and O–H groups in total. The molecular formula is C14H22N6O3S. The Bertz CT molecular complexity index is 678. The number of anilines is 1. The van der Waals surface area contributed by atoms with Crippen LogP contribution in [0.3, 0.4) is 0 Å². The number of amides is 1. The van der Waals surface area contributed by atoms with Crippen LogP contribution >= 0.6 is 11.8 Å². The number of hydrogen-bond donors (Lipinski definition) is 2. The summed E-state index contributed by atoms with van der Waals surface area (Å²) in [6.45, 7) is 4.23. The molecule has 2 aromatic heterocycles. The molecular weight excluding hydrogens is 332 g/mol. The van der Waals surface area contributed by atoms with Gasteiger partial charge in [-0.1, -0.05) is 11.8 Å². The van der Waals surface area contributed by atoms with Crippen molar-refractivity contribution in [3.63, 3.8) is 0 Å². The van der Waals surface area contributed by atoms with E-state index in [1.165, 1.54) is 11.8 Å². The summed E-state index contributed by atoms with van der Waals surface area (Å²) in [7, 11) is 1.65. The van der Waals surface area contributed by atoms with E-state index in [-0.39, 0.29) is 0 Å². The third-order valence-corrected chi connectivity index (χ3v) is 3.67. The Kier molecular flexibility index (Phi) is 7.07. The Morgan fingerprint density at radius 2 is 2.21 bits per heavy atom. The third kappa shape index (κ3) is 4.71. The maximum atomic E-state index is 11.3. The molecule has 0 saturated carbocycles. The summed E-state index contributed by atoms with van der Waals surface area (Å²) in [4.78, 5) is 20.3. The molecule has 10 heteroatoms. The van der Waals surface area contributed by atoms with Crippen molar-refractivity contribution in [3.05, 3.63) is 6.20 Å². The number of aromatic nitrogens is 4. The van der Waals surface area contributed by atoms with Crippen molar-refractivity contribution >= 4 is 34.7 Å². The number of carbonyl (C=O) groups is 1. The lowest BCUT2D eigenvalue weighted by atomic mass is 10.4. The number of methoxy groups -OCH3 is 1. The van der Waals surface area contributed by atoms with Crippen molar-refractivity contribution in [1.29, 1.82) is 0 Å². The highest BCUT2D eigenvalue weighted by Gasteiger charge is 2.12. The van der Waals surface area contributed by atoms with Crippen molar-refractivity contribution in [1.82, 2.24) is 25.1 Å². The van der Waals surface area contributed by atoms with Gasteiger partial charge in [-0.3, -0.25) is 0 Å². The van der Waals surface area contributed by atoms with Gasteiger partial charge in [-0.2, -0.15) is 5.10 Å². The number of fused-ring (bicyclic) bond motifs is 1. The molecule has 0 spiro atoms. The minimum Gasteiger partial charge on any atom is -0.450 e. The Morgan fingerprint density at radius 1 is 1.38 bits per heavy atom. The number of thioether (sulfide) groups is 1. The van der Waals surface area contributed by atoms with E-state index in [2.05, 4.69) is 25.7 Å². The number of nitrogens with one attached hydrogen (secondary N) is 2. The summed E-state index contributed by atoms with van der Waals surface area (Å²) in [6.07, 6.45) is 3.21. The van der Waals surface area contributed by atoms with Gasteiger partial charge in [-0.15, -0.1) is 0 Å². The predicted molar refractivity (Wildman–Crippen MR) is 92.5 cm³/mol. The first-order chi connectivity index (χ1) is 11.7. The number of alkyl carbamates (subject to hydrolysis) is 1. The number of ether oxygens (including phenoxy) is 2. The topological polar surface area (TPSA) is 103 Å². The maximum absolute atomic E-state index is 11.3. The quantitative estimate of drug-likeness (QED) is 0.395. The zero-order chi connectivity index (χ0) is 17.4. The Morgan fingerprint density at radius 3 is 2.92 bits per heavy atom. The van der Waals surface area contributed by atoms with Crippen LogP contribution in [0.4, 0.5) is 10.6 Å². The van der Waals surface area contributed by atoms with Gasteiger partial charge in [0.1, 0.15) is 5.82 Å². The summed E-state index contributed by atoms with van der Waals surface area (Å²) in [5.41, 5.74) is 0.722. The number of hydrogen-bond acceptors (Lipinski definition) is 8. The van der Waals surface area contributed by atoms with Gasteiger partial charge >= 0.3 is 6.09 Å². The average molecular weight is 354 g/mol. The SMILES string of the molecule is CCOC(=O)NCCn1ncc2c(NCCOC)nc(SC)nc21. The summed E-state index contributed by atoms with van der Waals surface area (Å²) >= 11 is 1.46. The van der Waals surface area contributed by atoms with Crippen LogP contribution in [-0.4, -0.2) is 65.5 Å². The Hall–Kier alpha value is -2.07. The van der Waals surface area contributed by atoms with E-state index in [1.807, 2.05) is 6.26 Å². The van der Waals surface area contributed by atoms with Crippen LogP contribution in [0.5, 0.6) is 0 Å². The summed E-state index contributed by atoms with van der Waals surface area (Å²) in [6, 6.07) is 0. The van der Waals surface area contributed by atoms with Gasteiger partial charge in [0.05, 0.1) is 31.3 Å². The second-order valence-corrected chi connectivity index (χ2v) is 5.50. The normalized spacial score (nSPS) is 10.8. The first-order valence-electron chi connectivity index (χ1n) is 7.60. The smallest absolute Gasteiger partial charge is 0.407 e. The van der Waals surface area contributed by atoms with Crippen LogP contribution in [0.1, 0.15) is 6.92 Å². The molecule has 9 nitrogen and oxygen atoms in total. The van der Waals surface area contributed by atoms with Gasteiger partial charge in [-0.25, -0.2) is 19.4 Å². The van der Waals surface area contributed by atoms with Crippen LogP contribution in [0.15, 0.2) is 11.4 Å². The molecule has 0 atom stereocenters. The van der Waals surface area contributed by atoms with Gasteiger partial charge in [0.25, 0.3) is 0 Å². The largest absolute Gasteiger partial charge is 0.450 e. The molecule has 2 heterocycles. The highest BCUT2D eigenvalue weighted by atomic mass is 32.2. The van der Waals surface area contributed by atoms with Crippen LogP contribution in [0.2, 0.25) is 0 Å². The van der Waals surface area contributed by atoms with Gasteiger partial charge in [-0.05, 0) is 13.2 Å². The Labute approximate surface area is 144 Å². The van der Waals surface area contributed by atoms with Crippen LogP contribution < -0.4 is 10.6 Å². The third-order valence-electron chi connectivity index (χ3n) is 3.13. The molecule has 0 bridgehead atoms. The standard InChI is InChI=1S/C14H22N6O3S/c1-4-23-14(21)16-5-7-20-12-10(9-17-20)11(15-6-8-22-2)18-13(19-12)24-3/h9H,4-8H2,1-3H3,(H,16,21)(H,15,18,19). The van der Waals surface area contributed by atoms with Gasteiger partial charge < -0.3 is 20.1 Å². The Balaban J connectivity index is 2.13. The molecule has 2 aromatic rings. The molecule has 2 rings (SSSR count). The number of rotatable bonds is 9. The highest BCUT2D eigenvalue weighted by molar-refractivity contribution is 7.98. The predicted octanol–water partition coefficient (Wildman–Crippen LogP) is 1.35. The van der Waals surface area contributed by atoms with Crippen molar-refractivity contribution in [2.75, 3.05) is 45.0 Å². The lowest BCUT2D eigenvalue weighted by molar-refractivity contribution is 0.152. The average Bonchev–Trinajstić information content (AvgIpc) is 2.98. The lowest BCUT2D eigenvalue weighted by Crippen LogP contribution is -2.28. The zero-order valence-corrected chi connectivity index (χ0v) is 14.9. The fourth-order valence-corrected chi connectivity index (χ4v) is 2.40. The molecule has 0 radical (unpaired) electrons. The number of carbonyl (C=O) groups excluding carboxylic acids is 1. The van der Waals surface area contributed by atoms with Crippen LogP contribution in [0, 0.1) is 0 Å². The fraction of sp³-hybridized carbons (Fsp3) is 0.571. The van der Waals surface area contributed by atoms with Gasteiger partial charge in [0, 0.05) is 20.2 Å². The minimum absolute atomic E-state index is 0.345. The van der Waals surface area contributed by atoms with E-state index in [4.69, 9.17) is 9.47 Å². The lowest BCUT2D eigenvalue weighted by Gasteiger charge is -2.09. The van der Waals surface area contributed by atoms with E-state index in [9.17, 15) is 4.79 Å². The molecule has 0 unspecified atom stereocenters. The highest BCUT2D eigenvalue weighted by Crippen LogP contribution is 2.23. The van der Waals surface area contributed by atoms with E-state index in [1.54, 1.807) is 24.9 Å². The van der Waals surface area contributed by atoms with Crippen molar-refractivity contribution in [2.24, 2.45) is 0 Å². The van der Waals surface area contributed by atoms with Crippen LogP contribution in [0.25, 0.3) is 11.0 Å². The van der Waals surface area contributed by atoms with Crippen LogP contribution in [-0.2, 0) is 16.0 Å². The van der Waals surface area contributed by atoms with E-state index in [0.29, 0.717) is 38.0 Å². The van der Waals surface area contributed by atoms with Crippen molar-refractivity contribution in [2.45, 2.75) is 18.6 Å².